The minimum atomic E-state index is -3.04. The Balaban J connectivity index is 2.44. The van der Waals surface area contributed by atoms with Crippen molar-refractivity contribution in [3.05, 3.63) is 35.9 Å². The molecule has 1 aromatic carbocycles. The molecule has 0 aliphatic carbocycles. The molecular formula is C13H18N2O3S. The standard InChI is InChI=1S/C13H18N2O3S/c1-2-19(17,18)9-8-15-13(16)7-6-11-4-3-5-12(14)10-11/h3-7,10H,2,8-9,14H2,1H3,(H,15,16)/b7-6+. The van der Waals surface area contributed by atoms with Crippen LogP contribution in [0.5, 0.6) is 0 Å². The zero-order valence-electron chi connectivity index (χ0n) is 10.8. The van der Waals surface area contributed by atoms with Crippen LogP contribution in [0.1, 0.15) is 12.5 Å². The first-order valence-electron chi connectivity index (χ1n) is 5.95. The summed E-state index contributed by atoms with van der Waals surface area (Å²) in [5.74, 6) is -0.280. The highest BCUT2D eigenvalue weighted by molar-refractivity contribution is 7.91. The molecule has 0 aliphatic rings. The van der Waals surface area contributed by atoms with Crippen molar-refractivity contribution >= 4 is 27.5 Å². The third kappa shape index (κ3) is 6.05. The van der Waals surface area contributed by atoms with E-state index in [0.717, 1.165) is 5.56 Å². The molecule has 0 bridgehead atoms. The minimum Gasteiger partial charge on any atom is -0.399 e. The number of hydrogen-bond acceptors (Lipinski definition) is 4. The molecule has 0 radical (unpaired) electrons. The molecule has 19 heavy (non-hydrogen) atoms. The number of hydrogen-bond donors (Lipinski definition) is 2. The van der Waals surface area contributed by atoms with Crippen molar-refractivity contribution < 1.29 is 13.2 Å². The SMILES string of the molecule is CCS(=O)(=O)CCNC(=O)/C=C/c1cccc(N)c1. The van der Waals surface area contributed by atoms with Gasteiger partial charge in [0.2, 0.25) is 5.91 Å². The molecular weight excluding hydrogens is 264 g/mol. The summed E-state index contributed by atoms with van der Waals surface area (Å²) in [5, 5.41) is 2.52. The summed E-state index contributed by atoms with van der Waals surface area (Å²) in [6, 6.07) is 7.11. The molecule has 0 aromatic heterocycles. The van der Waals surface area contributed by atoms with Gasteiger partial charge in [-0.1, -0.05) is 19.1 Å². The molecule has 1 amide bonds. The lowest BCUT2D eigenvalue weighted by Crippen LogP contribution is -2.28. The van der Waals surface area contributed by atoms with Crippen LogP contribution in [0.15, 0.2) is 30.3 Å². The lowest BCUT2D eigenvalue weighted by molar-refractivity contribution is -0.116. The number of rotatable bonds is 6. The second-order valence-electron chi connectivity index (χ2n) is 4.03. The number of nitrogens with two attached hydrogens (primary N) is 1. The zero-order valence-corrected chi connectivity index (χ0v) is 11.6. The average Bonchev–Trinajstić information content (AvgIpc) is 2.36. The van der Waals surface area contributed by atoms with Gasteiger partial charge in [-0.2, -0.15) is 0 Å². The fourth-order valence-electron chi connectivity index (χ4n) is 1.37. The molecule has 0 heterocycles. The Morgan fingerprint density at radius 1 is 1.42 bits per heavy atom. The van der Waals surface area contributed by atoms with E-state index in [1.165, 1.54) is 6.08 Å². The van der Waals surface area contributed by atoms with Crippen LogP contribution >= 0.6 is 0 Å². The number of anilines is 1. The minimum absolute atomic E-state index is 0.0403. The van der Waals surface area contributed by atoms with E-state index in [9.17, 15) is 13.2 Å². The third-order valence-electron chi connectivity index (χ3n) is 2.49. The Morgan fingerprint density at radius 3 is 2.79 bits per heavy atom. The molecule has 6 heteroatoms. The lowest BCUT2D eigenvalue weighted by atomic mass is 10.2. The van der Waals surface area contributed by atoms with Crippen LogP contribution in [-0.2, 0) is 14.6 Å². The number of amides is 1. The van der Waals surface area contributed by atoms with E-state index in [4.69, 9.17) is 5.73 Å². The summed E-state index contributed by atoms with van der Waals surface area (Å²) in [7, 11) is -3.04. The average molecular weight is 282 g/mol. The Labute approximate surface area is 113 Å². The van der Waals surface area contributed by atoms with Crippen LogP contribution in [0, 0.1) is 0 Å². The number of nitrogens with one attached hydrogen (secondary N) is 1. The van der Waals surface area contributed by atoms with Crippen LogP contribution in [0.25, 0.3) is 6.08 Å². The molecule has 1 rings (SSSR count). The van der Waals surface area contributed by atoms with Gasteiger partial charge < -0.3 is 11.1 Å². The van der Waals surface area contributed by atoms with Crippen LogP contribution < -0.4 is 11.1 Å². The van der Waals surface area contributed by atoms with Gasteiger partial charge in [0.25, 0.3) is 0 Å². The monoisotopic (exact) mass is 282 g/mol. The predicted octanol–water partition coefficient (Wildman–Crippen LogP) is 0.833. The predicted molar refractivity (Wildman–Crippen MR) is 77.2 cm³/mol. The highest BCUT2D eigenvalue weighted by atomic mass is 32.2. The van der Waals surface area contributed by atoms with E-state index >= 15 is 0 Å². The largest absolute Gasteiger partial charge is 0.399 e. The summed E-state index contributed by atoms with van der Waals surface area (Å²) < 4.78 is 22.4. The van der Waals surface area contributed by atoms with Gasteiger partial charge in [0.05, 0.1) is 5.75 Å². The van der Waals surface area contributed by atoms with Crippen molar-refractivity contribution in [3.8, 4) is 0 Å². The van der Waals surface area contributed by atoms with Gasteiger partial charge in [-0.05, 0) is 23.8 Å². The van der Waals surface area contributed by atoms with Crippen molar-refractivity contribution in [3.63, 3.8) is 0 Å². The normalized spacial score (nSPS) is 11.6. The Bertz CT molecular complexity index is 565. The highest BCUT2D eigenvalue weighted by Gasteiger charge is 2.06. The molecule has 3 N–H and O–H groups in total. The maximum atomic E-state index is 11.5. The van der Waals surface area contributed by atoms with Crippen LogP contribution in [-0.4, -0.2) is 32.4 Å². The molecule has 0 saturated carbocycles. The second-order valence-corrected chi connectivity index (χ2v) is 6.50. The van der Waals surface area contributed by atoms with Crippen LogP contribution in [0.3, 0.4) is 0 Å². The Hall–Kier alpha value is -1.82. The van der Waals surface area contributed by atoms with E-state index in [2.05, 4.69) is 5.32 Å². The topological polar surface area (TPSA) is 89.3 Å². The molecule has 104 valence electrons. The maximum absolute atomic E-state index is 11.5. The second kappa shape index (κ2) is 6.94. The molecule has 0 saturated heterocycles. The van der Waals surface area contributed by atoms with Crippen molar-refractivity contribution in [1.82, 2.24) is 5.32 Å². The van der Waals surface area contributed by atoms with Crippen LogP contribution in [0.4, 0.5) is 5.69 Å². The molecule has 0 unspecified atom stereocenters. The fourth-order valence-corrected chi connectivity index (χ4v) is 2.07. The number of benzene rings is 1. The van der Waals surface area contributed by atoms with Gasteiger partial charge in [-0.15, -0.1) is 0 Å². The van der Waals surface area contributed by atoms with Gasteiger partial charge in [0.15, 0.2) is 9.84 Å². The third-order valence-corrected chi connectivity index (χ3v) is 4.20. The van der Waals surface area contributed by atoms with Gasteiger partial charge in [0, 0.05) is 24.1 Å². The number of sulfone groups is 1. The molecule has 0 spiro atoms. The molecule has 0 atom stereocenters. The van der Waals surface area contributed by atoms with Crippen molar-refractivity contribution in [2.75, 3.05) is 23.8 Å². The molecule has 5 nitrogen and oxygen atoms in total. The first-order chi connectivity index (χ1) is 8.93. The number of carbonyl (C=O) groups is 1. The zero-order chi connectivity index (χ0) is 14.3. The van der Waals surface area contributed by atoms with E-state index in [0.29, 0.717) is 5.69 Å². The van der Waals surface area contributed by atoms with Crippen LogP contribution in [0.2, 0.25) is 0 Å². The Morgan fingerprint density at radius 2 is 2.16 bits per heavy atom. The Kier molecular flexibility index (Phi) is 5.57. The highest BCUT2D eigenvalue weighted by Crippen LogP contribution is 2.07. The van der Waals surface area contributed by atoms with E-state index in [1.54, 1.807) is 31.2 Å². The van der Waals surface area contributed by atoms with Gasteiger partial charge in [-0.25, -0.2) is 8.42 Å². The summed E-state index contributed by atoms with van der Waals surface area (Å²) in [4.78, 5) is 11.5. The van der Waals surface area contributed by atoms with Gasteiger partial charge in [0.1, 0.15) is 0 Å². The summed E-state index contributed by atoms with van der Waals surface area (Å²) in [5.41, 5.74) is 7.05. The van der Waals surface area contributed by atoms with Gasteiger partial charge in [-0.3, -0.25) is 4.79 Å². The lowest BCUT2D eigenvalue weighted by Gasteiger charge is -2.02. The van der Waals surface area contributed by atoms with Crippen molar-refractivity contribution in [2.45, 2.75) is 6.92 Å². The smallest absolute Gasteiger partial charge is 0.244 e. The summed E-state index contributed by atoms with van der Waals surface area (Å²) in [6.07, 6.45) is 2.98. The molecule has 1 aromatic rings. The van der Waals surface area contributed by atoms with E-state index in [-0.39, 0.29) is 24.0 Å². The molecule has 0 fully saturated rings. The van der Waals surface area contributed by atoms with Crippen molar-refractivity contribution in [2.24, 2.45) is 0 Å². The number of carbonyl (C=O) groups excluding carboxylic acids is 1. The quantitative estimate of drug-likeness (QED) is 0.597. The van der Waals surface area contributed by atoms with Gasteiger partial charge >= 0.3 is 0 Å². The number of nitrogen functional groups attached to an aromatic ring is 1. The molecule has 0 aliphatic heterocycles. The summed E-state index contributed by atoms with van der Waals surface area (Å²) in [6.45, 7) is 1.70. The first-order valence-corrected chi connectivity index (χ1v) is 7.77. The first kappa shape index (κ1) is 15.2. The van der Waals surface area contributed by atoms with Crippen molar-refractivity contribution in [1.29, 1.82) is 0 Å². The van der Waals surface area contributed by atoms with E-state index < -0.39 is 9.84 Å². The summed E-state index contributed by atoms with van der Waals surface area (Å²) >= 11 is 0. The maximum Gasteiger partial charge on any atom is 0.244 e. The van der Waals surface area contributed by atoms with E-state index in [1.807, 2.05) is 6.07 Å². The fraction of sp³-hybridized carbons (Fsp3) is 0.308.